The number of pyridine rings is 1. The molecule has 0 aliphatic carbocycles. The van der Waals surface area contributed by atoms with Gasteiger partial charge in [0.25, 0.3) is 0 Å². The molecule has 1 heterocycles. The van der Waals surface area contributed by atoms with Gasteiger partial charge >= 0.3 is 5.97 Å². The van der Waals surface area contributed by atoms with Crippen LogP contribution in [0.4, 0.5) is 0 Å². The molecule has 0 aliphatic rings. The molecule has 18 heavy (non-hydrogen) atoms. The second-order valence-electron chi connectivity index (χ2n) is 3.76. The molecule has 3 nitrogen and oxygen atoms in total. The Bertz CT molecular complexity index is 628. The summed E-state index contributed by atoms with van der Waals surface area (Å²) >= 11 is 8.37. The molecule has 0 atom stereocenters. The van der Waals surface area contributed by atoms with E-state index in [4.69, 9.17) is 16.7 Å². The van der Waals surface area contributed by atoms with Gasteiger partial charge in [0.2, 0.25) is 0 Å². The van der Waals surface area contributed by atoms with Crippen molar-refractivity contribution in [3.8, 4) is 11.1 Å². The van der Waals surface area contributed by atoms with Gasteiger partial charge in [0, 0.05) is 21.0 Å². The molecule has 0 spiro atoms. The maximum absolute atomic E-state index is 11.1. The molecule has 0 unspecified atom stereocenters. The van der Waals surface area contributed by atoms with Crippen LogP contribution in [0.5, 0.6) is 0 Å². The Labute approximate surface area is 123 Å². The van der Waals surface area contributed by atoms with Crippen LogP contribution >= 0.6 is 34.2 Å². The lowest BCUT2D eigenvalue weighted by molar-refractivity contribution is 0.0696. The summed E-state index contributed by atoms with van der Waals surface area (Å²) in [5.74, 6) is -1.07. The Balaban J connectivity index is 2.70. The molecule has 0 bridgehead atoms. The Morgan fingerprint density at radius 2 is 2.17 bits per heavy atom. The molecule has 1 aromatic carbocycles. The molecule has 0 saturated carbocycles. The summed E-state index contributed by atoms with van der Waals surface area (Å²) in [6, 6.07) is 7.70. The predicted molar refractivity (Wildman–Crippen MR) is 79.1 cm³/mol. The normalized spacial score (nSPS) is 10.4. The van der Waals surface area contributed by atoms with E-state index < -0.39 is 5.97 Å². The SMILES string of the molecule is Cc1ncc(C(=O)O)c(Cl)c1-c1cccc(I)c1. The Hall–Kier alpha value is -1.14. The number of aromatic carboxylic acids is 1. The van der Waals surface area contributed by atoms with Crippen LogP contribution < -0.4 is 0 Å². The summed E-state index contributed by atoms with van der Waals surface area (Å²) in [5, 5.41) is 9.29. The van der Waals surface area contributed by atoms with E-state index in [9.17, 15) is 4.79 Å². The highest BCUT2D eigenvalue weighted by Gasteiger charge is 2.16. The van der Waals surface area contributed by atoms with Gasteiger partial charge < -0.3 is 5.11 Å². The van der Waals surface area contributed by atoms with E-state index in [-0.39, 0.29) is 10.6 Å². The lowest BCUT2D eigenvalue weighted by Crippen LogP contribution is -2.02. The zero-order valence-corrected chi connectivity index (χ0v) is 12.4. The number of aromatic nitrogens is 1. The van der Waals surface area contributed by atoms with Crippen LogP contribution in [0.1, 0.15) is 16.1 Å². The van der Waals surface area contributed by atoms with Crippen molar-refractivity contribution < 1.29 is 9.90 Å². The average molecular weight is 374 g/mol. The first-order chi connectivity index (χ1) is 8.50. The van der Waals surface area contributed by atoms with Crippen molar-refractivity contribution in [2.45, 2.75) is 6.92 Å². The number of carbonyl (C=O) groups is 1. The number of halogens is 2. The largest absolute Gasteiger partial charge is 0.478 e. The van der Waals surface area contributed by atoms with E-state index in [0.717, 1.165) is 9.13 Å². The minimum atomic E-state index is -1.07. The predicted octanol–water partition coefficient (Wildman–Crippen LogP) is 4.01. The van der Waals surface area contributed by atoms with Gasteiger partial charge in [-0.15, -0.1) is 0 Å². The third-order valence-corrected chi connectivity index (χ3v) is 3.61. The first-order valence-electron chi connectivity index (χ1n) is 5.15. The van der Waals surface area contributed by atoms with Crippen LogP contribution in [0.25, 0.3) is 11.1 Å². The minimum absolute atomic E-state index is 0.0242. The van der Waals surface area contributed by atoms with Gasteiger partial charge in [0.15, 0.2) is 0 Å². The minimum Gasteiger partial charge on any atom is -0.478 e. The van der Waals surface area contributed by atoms with E-state index in [1.807, 2.05) is 31.2 Å². The molecule has 2 aromatic rings. The summed E-state index contributed by atoms with van der Waals surface area (Å²) in [6.45, 7) is 1.81. The van der Waals surface area contributed by atoms with Crippen molar-refractivity contribution in [3.63, 3.8) is 0 Å². The molecule has 5 heteroatoms. The Morgan fingerprint density at radius 3 is 2.78 bits per heavy atom. The maximum atomic E-state index is 11.1. The lowest BCUT2D eigenvalue weighted by Gasteiger charge is -2.10. The van der Waals surface area contributed by atoms with E-state index in [0.29, 0.717) is 11.3 Å². The Morgan fingerprint density at radius 1 is 1.44 bits per heavy atom. The molecule has 0 amide bonds. The molecular weight excluding hydrogens is 365 g/mol. The van der Waals surface area contributed by atoms with Gasteiger partial charge in [-0.05, 0) is 47.2 Å². The first-order valence-corrected chi connectivity index (χ1v) is 6.60. The number of aryl methyl sites for hydroxylation is 1. The molecule has 0 saturated heterocycles. The topological polar surface area (TPSA) is 50.2 Å². The highest BCUT2D eigenvalue weighted by Crippen LogP contribution is 2.33. The van der Waals surface area contributed by atoms with Crippen molar-refractivity contribution in [1.29, 1.82) is 0 Å². The number of rotatable bonds is 2. The van der Waals surface area contributed by atoms with E-state index in [1.54, 1.807) is 0 Å². The molecule has 92 valence electrons. The Kier molecular flexibility index (Phi) is 3.87. The smallest absolute Gasteiger partial charge is 0.338 e. The van der Waals surface area contributed by atoms with Crippen LogP contribution in [-0.4, -0.2) is 16.1 Å². The molecule has 1 N–H and O–H groups in total. The number of carboxylic acid groups (broad SMARTS) is 1. The molecular formula is C13H9ClINO2. The van der Waals surface area contributed by atoms with Crippen LogP contribution in [0.15, 0.2) is 30.5 Å². The second-order valence-corrected chi connectivity index (χ2v) is 5.39. The number of hydrogen-bond acceptors (Lipinski definition) is 2. The molecule has 2 rings (SSSR count). The number of benzene rings is 1. The van der Waals surface area contributed by atoms with E-state index in [1.165, 1.54) is 6.20 Å². The van der Waals surface area contributed by atoms with Gasteiger partial charge in [-0.2, -0.15) is 0 Å². The first kappa shape index (κ1) is 13.3. The van der Waals surface area contributed by atoms with E-state index in [2.05, 4.69) is 27.6 Å². The number of carboxylic acids is 1. The van der Waals surface area contributed by atoms with Crippen LogP contribution in [0.2, 0.25) is 5.02 Å². The number of nitrogens with zero attached hydrogens (tertiary/aromatic N) is 1. The molecule has 0 radical (unpaired) electrons. The van der Waals surface area contributed by atoms with Crippen molar-refractivity contribution in [1.82, 2.24) is 4.98 Å². The summed E-state index contributed by atoms with van der Waals surface area (Å²) < 4.78 is 1.06. The van der Waals surface area contributed by atoms with Crippen molar-refractivity contribution in [2.75, 3.05) is 0 Å². The van der Waals surface area contributed by atoms with E-state index >= 15 is 0 Å². The van der Waals surface area contributed by atoms with Crippen molar-refractivity contribution in [3.05, 3.63) is 50.3 Å². The second kappa shape index (κ2) is 5.24. The van der Waals surface area contributed by atoms with Crippen LogP contribution in [0.3, 0.4) is 0 Å². The summed E-state index contributed by atoms with van der Waals surface area (Å²) in [7, 11) is 0. The van der Waals surface area contributed by atoms with Crippen molar-refractivity contribution >= 4 is 40.2 Å². The summed E-state index contributed by atoms with van der Waals surface area (Å²) in [4.78, 5) is 15.2. The van der Waals surface area contributed by atoms with Gasteiger partial charge in [-0.3, -0.25) is 4.98 Å². The zero-order valence-electron chi connectivity index (χ0n) is 9.45. The van der Waals surface area contributed by atoms with Crippen LogP contribution in [-0.2, 0) is 0 Å². The summed E-state index contributed by atoms with van der Waals surface area (Å²) in [6.07, 6.45) is 1.29. The standard InChI is InChI=1S/C13H9ClINO2/c1-7-11(8-3-2-4-9(15)5-8)12(14)10(6-16-7)13(17)18/h2-6H,1H3,(H,17,18). The quantitative estimate of drug-likeness (QED) is 0.809. The van der Waals surface area contributed by atoms with Gasteiger partial charge in [-0.25, -0.2) is 4.79 Å². The van der Waals surface area contributed by atoms with Crippen molar-refractivity contribution in [2.24, 2.45) is 0 Å². The third-order valence-electron chi connectivity index (χ3n) is 2.55. The lowest BCUT2D eigenvalue weighted by atomic mass is 10.0. The number of hydrogen-bond donors (Lipinski definition) is 1. The molecule has 1 aromatic heterocycles. The highest BCUT2D eigenvalue weighted by atomic mass is 127. The summed E-state index contributed by atoms with van der Waals surface area (Å²) in [5.41, 5.74) is 2.29. The molecule has 0 fully saturated rings. The average Bonchev–Trinajstić information content (AvgIpc) is 2.28. The fourth-order valence-corrected chi connectivity index (χ4v) is 2.62. The third kappa shape index (κ3) is 2.49. The van der Waals surface area contributed by atoms with Crippen LogP contribution in [0, 0.1) is 10.5 Å². The maximum Gasteiger partial charge on any atom is 0.338 e. The monoisotopic (exact) mass is 373 g/mol. The fraction of sp³-hybridized carbons (Fsp3) is 0.0769. The highest BCUT2D eigenvalue weighted by molar-refractivity contribution is 14.1. The zero-order chi connectivity index (χ0) is 13.3. The fourth-order valence-electron chi connectivity index (χ4n) is 1.70. The molecule has 0 aliphatic heterocycles. The van der Waals surface area contributed by atoms with Gasteiger partial charge in [-0.1, -0.05) is 23.7 Å². The van der Waals surface area contributed by atoms with Gasteiger partial charge in [0.05, 0.1) is 10.6 Å². The van der Waals surface area contributed by atoms with Gasteiger partial charge in [0.1, 0.15) is 0 Å².